The van der Waals surface area contributed by atoms with Crippen LogP contribution >= 0.6 is 0 Å². The quantitative estimate of drug-likeness (QED) is 0.674. The maximum absolute atomic E-state index is 12.5. The number of piperazine rings is 1. The molecule has 1 saturated heterocycles. The van der Waals surface area contributed by atoms with E-state index in [1.807, 2.05) is 0 Å². The minimum Gasteiger partial charge on any atom is -0.365 e. The van der Waals surface area contributed by atoms with Gasteiger partial charge in [-0.2, -0.15) is 0 Å². The zero-order valence-corrected chi connectivity index (χ0v) is 14.9. The number of carbonyl (C=O) groups excluding carboxylic acids is 1. The summed E-state index contributed by atoms with van der Waals surface area (Å²) in [6.45, 7) is 6.08. The van der Waals surface area contributed by atoms with Crippen LogP contribution in [-0.2, 0) is 0 Å². The maximum atomic E-state index is 12.5. The van der Waals surface area contributed by atoms with Crippen molar-refractivity contribution >= 4 is 23.1 Å². The number of non-ortho nitro benzene ring substituents is 1. The summed E-state index contributed by atoms with van der Waals surface area (Å²) in [6, 6.07) is 14.3. The number of hydrogen-bond donors (Lipinski definition) is 1. The van der Waals surface area contributed by atoms with Crippen LogP contribution in [0.5, 0.6) is 0 Å². The number of urea groups is 1. The Balaban J connectivity index is 1.63. The first-order valence-electron chi connectivity index (χ1n) is 8.58. The summed E-state index contributed by atoms with van der Waals surface area (Å²) in [6.07, 6.45) is 0. The van der Waals surface area contributed by atoms with Crippen molar-refractivity contribution in [3.63, 3.8) is 0 Å². The first-order chi connectivity index (χ1) is 12.4. The Morgan fingerprint density at radius 3 is 2.58 bits per heavy atom. The van der Waals surface area contributed by atoms with Gasteiger partial charge in [-0.05, 0) is 32.0 Å². The van der Waals surface area contributed by atoms with E-state index >= 15 is 0 Å². The summed E-state index contributed by atoms with van der Waals surface area (Å²) >= 11 is 0. The Kier molecular flexibility index (Phi) is 5.06. The van der Waals surface area contributed by atoms with Gasteiger partial charge in [-0.1, -0.05) is 23.8 Å². The molecule has 0 saturated carbocycles. The number of carbonyl (C=O) groups is 1. The van der Waals surface area contributed by atoms with Crippen LogP contribution in [0.1, 0.15) is 12.5 Å². The highest BCUT2D eigenvalue weighted by atomic mass is 16.6. The van der Waals surface area contributed by atoms with Crippen LogP contribution in [0.2, 0.25) is 0 Å². The van der Waals surface area contributed by atoms with Crippen LogP contribution in [0.4, 0.5) is 21.9 Å². The van der Waals surface area contributed by atoms with Gasteiger partial charge in [0.15, 0.2) is 0 Å². The number of amides is 2. The highest BCUT2D eigenvalue weighted by molar-refractivity contribution is 5.89. The standard InChI is InChI=1S/C19H22N4O3/c1-14-6-8-17(9-7-14)22-11-10-21(13-15(22)2)19(24)20-16-4-3-5-18(12-16)23(25)26/h3-9,12,15H,10-11,13H2,1-2H3,(H,20,24)/t15-/m0/s1. The molecule has 1 aliphatic rings. The van der Waals surface area contributed by atoms with Crippen LogP contribution in [-0.4, -0.2) is 41.5 Å². The predicted octanol–water partition coefficient (Wildman–Crippen LogP) is 3.65. The number of rotatable bonds is 3. The third-order valence-electron chi connectivity index (χ3n) is 4.59. The topological polar surface area (TPSA) is 78.7 Å². The second-order valence-corrected chi connectivity index (χ2v) is 6.56. The first-order valence-corrected chi connectivity index (χ1v) is 8.58. The molecule has 0 unspecified atom stereocenters. The molecule has 26 heavy (non-hydrogen) atoms. The molecule has 0 radical (unpaired) electrons. The molecule has 7 nitrogen and oxygen atoms in total. The van der Waals surface area contributed by atoms with Gasteiger partial charge in [-0.25, -0.2) is 4.79 Å². The second kappa shape index (κ2) is 7.43. The molecule has 1 atom stereocenters. The number of nitro benzene ring substituents is 1. The van der Waals surface area contributed by atoms with Crippen molar-refractivity contribution in [2.75, 3.05) is 29.9 Å². The van der Waals surface area contributed by atoms with E-state index in [-0.39, 0.29) is 17.8 Å². The maximum Gasteiger partial charge on any atom is 0.321 e. The molecule has 1 aliphatic heterocycles. The Hall–Kier alpha value is -3.09. The molecule has 3 rings (SSSR count). The fourth-order valence-corrected chi connectivity index (χ4v) is 3.16. The number of aryl methyl sites for hydroxylation is 1. The minimum atomic E-state index is -0.474. The van der Waals surface area contributed by atoms with Gasteiger partial charge in [0.05, 0.1) is 4.92 Å². The molecular formula is C19H22N4O3. The number of nitrogens with zero attached hydrogens (tertiary/aromatic N) is 3. The number of anilines is 2. The van der Waals surface area contributed by atoms with E-state index in [0.29, 0.717) is 18.8 Å². The van der Waals surface area contributed by atoms with Gasteiger partial charge >= 0.3 is 6.03 Å². The van der Waals surface area contributed by atoms with E-state index in [0.717, 1.165) is 12.2 Å². The molecule has 1 heterocycles. The fourth-order valence-electron chi connectivity index (χ4n) is 3.16. The van der Waals surface area contributed by atoms with Crippen molar-refractivity contribution in [2.24, 2.45) is 0 Å². The molecule has 0 spiro atoms. The number of hydrogen-bond acceptors (Lipinski definition) is 4. The van der Waals surface area contributed by atoms with Gasteiger partial charge < -0.3 is 15.1 Å². The molecule has 1 N–H and O–H groups in total. The van der Waals surface area contributed by atoms with Gasteiger partial charge in [0.2, 0.25) is 0 Å². The van der Waals surface area contributed by atoms with Crippen molar-refractivity contribution in [3.8, 4) is 0 Å². The lowest BCUT2D eigenvalue weighted by Crippen LogP contribution is -2.54. The van der Waals surface area contributed by atoms with Gasteiger partial charge in [-0.3, -0.25) is 10.1 Å². The molecule has 0 aliphatic carbocycles. The van der Waals surface area contributed by atoms with Crippen LogP contribution in [0.3, 0.4) is 0 Å². The van der Waals surface area contributed by atoms with E-state index < -0.39 is 4.92 Å². The Bertz CT molecular complexity index is 807. The molecule has 1 fully saturated rings. The first kappa shape index (κ1) is 17.7. The molecule has 2 aromatic carbocycles. The molecular weight excluding hydrogens is 332 g/mol. The average Bonchev–Trinajstić information content (AvgIpc) is 2.62. The Labute approximate surface area is 152 Å². The van der Waals surface area contributed by atoms with E-state index in [9.17, 15) is 14.9 Å². The predicted molar refractivity (Wildman–Crippen MR) is 102 cm³/mol. The lowest BCUT2D eigenvalue weighted by Gasteiger charge is -2.41. The Morgan fingerprint density at radius 1 is 1.19 bits per heavy atom. The largest absolute Gasteiger partial charge is 0.365 e. The molecule has 136 valence electrons. The molecule has 2 amide bonds. The zero-order valence-electron chi connectivity index (χ0n) is 14.9. The molecule has 2 aromatic rings. The number of benzene rings is 2. The van der Waals surface area contributed by atoms with Gasteiger partial charge in [-0.15, -0.1) is 0 Å². The van der Waals surface area contributed by atoms with Gasteiger partial charge in [0.1, 0.15) is 0 Å². The lowest BCUT2D eigenvalue weighted by atomic mass is 10.1. The van der Waals surface area contributed by atoms with Crippen LogP contribution in [0.15, 0.2) is 48.5 Å². The summed E-state index contributed by atoms with van der Waals surface area (Å²) in [5.41, 5.74) is 2.76. The number of nitrogens with one attached hydrogen (secondary N) is 1. The van der Waals surface area contributed by atoms with Crippen molar-refractivity contribution < 1.29 is 9.72 Å². The van der Waals surface area contributed by atoms with E-state index in [4.69, 9.17) is 0 Å². The highest BCUT2D eigenvalue weighted by Crippen LogP contribution is 2.22. The minimum absolute atomic E-state index is 0.0413. The smallest absolute Gasteiger partial charge is 0.321 e. The summed E-state index contributed by atoms with van der Waals surface area (Å²) in [5.74, 6) is 0. The van der Waals surface area contributed by atoms with E-state index in [1.165, 1.54) is 17.7 Å². The van der Waals surface area contributed by atoms with E-state index in [2.05, 4.69) is 48.3 Å². The summed E-state index contributed by atoms with van der Waals surface area (Å²) in [4.78, 5) is 26.9. The number of nitro groups is 1. The highest BCUT2D eigenvalue weighted by Gasteiger charge is 2.27. The van der Waals surface area contributed by atoms with Crippen LogP contribution in [0, 0.1) is 17.0 Å². The Morgan fingerprint density at radius 2 is 1.92 bits per heavy atom. The summed E-state index contributed by atoms with van der Waals surface area (Å²) < 4.78 is 0. The average molecular weight is 354 g/mol. The van der Waals surface area contributed by atoms with Gasteiger partial charge in [0, 0.05) is 49.2 Å². The summed E-state index contributed by atoms with van der Waals surface area (Å²) in [5, 5.41) is 13.6. The van der Waals surface area contributed by atoms with Crippen molar-refractivity contribution in [1.29, 1.82) is 0 Å². The molecule has 7 heteroatoms. The third kappa shape index (κ3) is 3.93. The summed E-state index contributed by atoms with van der Waals surface area (Å²) in [7, 11) is 0. The normalized spacial score (nSPS) is 17.1. The van der Waals surface area contributed by atoms with Crippen molar-refractivity contribution in [1.82, 2.24) is 4.90 Å². The van der Waals surface area contributed by atoms with Gasteiger partial charge in [0.25, 0.3) is 5.69 Å². The SMILES string of the molecule is Cc1ccc(N2CCN(C(=O)Nc3cccc([N+](=O)[O-])c3)C[C@@H]2C)cc1. The van der Waals surface area contributed by atoms with Crippen molar-refractivity contribution in [2.45, 2.75) is 19.9 Å². The van der Waals surface area contributed by atoms with E-state index in [1.54, 1.807) is 17.0 Å². The molecule has 0 aromatic heterocycles. The van der Waals surface area contributed by atoms with Crippen LogP contribution < -0.4 is 10.2 Å². The second-order valence-electron chi connectivity index (χ2n) is 6.56. The molecule has 0 bridgehead atoms. The van der Waals surface area contributed by atoms with Crippen molar-refractivity contribution in [3.05, 3.63) is 64.2 Å². The zero-order chi connectivity index (χ0) is 18.7. The lowest BCUT2D eigenvalue weighted by molar-refractivity contribution is -0.384. The fraction of sp³-hybridized carbons (Fsp3) is 0.316. The van der Waals surface area contributed by atoms with Crippen LogP contribution in [0.25, 0.3) is 0 Å². The third-order valence-corrected chi connectivity index (χ3v) is 4.59. The monoisotopic (exact) mass is 354 g/mol.